The van der Waals surface area contributed by atoms with Crippen molar-refractivity contribution in [3.63, 3.8) is 0 Å². The van der Waals surface area contributed by atoms with Crippen LogP contribution >= 0.6 is 0 Å². The molecular formula is C25H40N2O3. The summed E-state index contributed by atoms with van der Waals surface area (Å²) >= 11 is 0. The van der Waals surface area contributed by atoms with Gasteiger partial charge in [-0.3, -0.25) is 14.5 Å². The molecule has 5 heteroatoms. The largest absolute Gasteiger partial charge is 0.394 e. The van der Waals surface area contributed by atoms with E-state index in [4.69, 9.17) is 0 Å². The van der Waals surface area contributed by atoms with Gasteiger partial charge < -0.3 is 10.4 Å². The molecular weight excluding hydrogens is 376 g/mol. The monoisotopic (exact) mass is 416 g/mol. The number of fused-ring (bicyclic) bond motifs is 2. The number of nitrogens with one attached hydrogen (secondary N) is 1. The van der Waals surface area contributed by atoms with Gasteiger partial charge in [0.05, 0.1) is 18.7 Å². The summed E-state index contributed by atoms with van der Waals surface area (Å²) in [5, 5.41) is 12.3. The smallest absolute Gasteiger partial charge is 0.234 e. The molecule has 2 saturated heterocycles. The molecule has 2 N–H and O–H groups in total. The molecule has 5 atom stereocenters. The zero-order valence-corrected chi connectivity index (χ0v) is 18.9. The van der Waals surface area contributed by atoms with E-state index in [1.807, 2.05) is 13.8 Å². The molecule has 0 aromatic rings. The molecule has 6 fully saturated rings. The standard InChI is InChI=1S/C25H40N2O3/c1-24(2,15-28)26-23(30)14-27-20-3-4-21(27)9-16(8-20)10-22(29)13-25-11-17-5-18(12-25)7-19(25)6-17/h16-21,28H,3-15H2,1-2H3,(H,26,30)/t16?,17?,18?,19?,20-,21+,25?. The van der Waals surface area contributed by atoms with E-state index in [2.05, 4.69) is 10.2 Å². The Morgan fingerprint density at radius 3 is 2.27 bits per heavy atom. The van der Waals surface area contributed by atoms with Crippen molar-refractivity contribution in [1.29, 1.82) is 0 Å². The SMILES string of the molecule is CC(C)(CO)NC(=O)CN1[C@@H]2CC[C@H]1CC(CC(=O)CC13CC4CC(CC1C4)C3)C2. The summed E-state index contributed by atoms with van der Waals surface area (Å²) < 4.78 is 0. The molecule has 168 valence electrons. The molecule has 0 spiro atoms. The molecule has 0 aromatic heterocycles. The van der Waals surface area contributed by atoms with Crippen molar-refractivity contribution in [1.82, 2.24) is 10.2 Å². The Balaban J connectivity index is 1.13. The molecule has 4 aliphatic carbocycles. The average molecular weight is 417 g/mol. The van der Waals surface area contributed by atoms with Crippen LogP contribution in [0.25, 0.3) is 0 Å². The lowest BCUT2D eigenvalue weighted by Gasteiger charge is -2.39. The number of aliphatic hydroxyl groups is 1. The van der Waals surface area contributed by atoms with Crippen LogP contribution in [0.3, 0.4) is 0 Å². The molecule has 3 unspecified atom stereocenters. The van der Waals surface area contributed by atoms with E-state index in [9.17, 15) is 14.7 Å². The van der Waals surface area contributed by atoms with Gasteiger partial charge in [-0.05, 0) is 101 Å². The maximum atomic E-state index is 13.1. The Labute approximate surface area is 181 Å². The minimum atomic E-state index is -0.570. The number of carbonyl (C=O) groups excluding carboxylic acids is 2. The van der Waals surface area contributed by atoms with Gasteiger partial charge in [-0.1, -0.05) is 0 Å². The summed E-state index contributed by atoms with van der Waals surface area (Å²) in [5.74, 6) is 3.75. The molecule has 4 saturated carbocycles. The summed E-state index contributed by atoms with van der Waals surface area (Å²) in [6, 6.07) is 0.891. The van der Waals surface area contributed by atoms with Crippen molar-refractivity contribution in [2.75, 3.05) is 13.2 Å². The number of amides is 1. The van der Waals surface area contributed by atoms with E-state index >= 15 is 0 Å². The zero-order valence-electron chi connectivity index (χ0n) is 18.9. The first-order valence-corrected chi connectivity index (χ1v) is 12.4. The second-order valence-corrected chi connectivity index (χ2v) is 12.3. The zero-order chi connectivity index (χ0) is 21.1. The van der Waals surface area contributed by atoms with Gasteiger partial charge in [0.2, 0.25) is 5.91 Å². The predicted molar refractivity (Wildman–Crippen MR) is 116 cm³/mol. The van der Waals surface area contributed by atoms with Gasteiger partial charge >= 0.3 is 0 Å². The van der Waals surface area contributed by atoms with Crippen LogP contribution in [0.1, 0.15) is 84.5 Å². The van der Waals surface area contributed by atoms with Crippen LogP contribution in [0, 0.1) is 29.1 Å². The number of rotatable bonds is 8. The highest BCUT2D eigenvalue weighted by Crippen LogP contribution is 2.66. The van der Waals surface area contributed by atoms with Crippen LogP contribution in [-0.2, 0) is 9.59 Å². The van der Waals surface area contributed by atoms with Gasteiger partial charge in [-0.25, -0.2) is 0 Å². The topological polar surface area (TPSA) is 69.6 Å². The first-order chi connectivity index (χ1) is 14.2. The number of hydrogen-bond donors (Lipinski definition) is 2. The third-order valence-corrected chi connectivity index (χ3v) is 9.41. The normalized spacial score (nSPS) is 42.1. The molecule has 6 rings (SSSR count). The average Bonchev–Trinajstić information content (AvgIpc) is 3.13. The fourth-order valence-electron chi connectivity index (χ4n) is 8.47. The Bertz CT molecular complexity index is 677. The second kappa shape index (κ2) is 7.58. The number of aliphatic hydroxyl groups excluding tert-OH is 1. The minimum absolute atomic E-state index is 0.00616. The summed E-state index contributed by atoms with van der Waals surface area (Å²) in [6.07, 6.45) is 13.0. The molecule has 5 nitrogen and oxygen atoms in total. The summed E-state index contributed by atoms with van der Waals surface area (Å²) in [6.45, 7) is 4.06. The molecule has 6 bridgehead atoms. The molecule has 1 amide bonds. The van der Waals surface area contributed by atoms with Crippen molar-refractivity contribution in [2.24, 2.45) is 29.1 Å². The summed E-state index contributed by atoms with van der Waals surface area (Å²) in [7, 11) is 0. The highest BCUT2D eigenvalue weighted by atomic mass is 16.3. The van der Waals surface area contributed by atoms with Crippen LogP contribution in [-0.4, -0.2) is 52.5 Å². The fourth-order valence-corrected chi connectivity index (χ4v) is 8.47. The van der Waals surface area contributed by atoms with Crippen molar-refractivity contribution in [3.8, 4) is 0 Å². The van der Waals surface area contributed by atoms with E-state index in [0.29, 0.717) is 35.7 Å². The predicted octanol–water partition coefficient (Wildman–Crippen LogP) is 3.29. The van der Waals surface area contributed by atoms with Gasteiger partial charge in [-0.2, -0.15) is 0 Å². The number of carbonyl (C=O) groups is 2. The van der Waals surface area contributed by atoms with Gasteiger partial charge in [-0.15, -0.1) is 0 Å². The van der Waals surface area contributed by atoms with E-state index in [1.165, 1.54) is 32.1 Å². The summed E-state index contributed by atoms with van der Waals surface area (Å²) in [5.41, 5.74) is -0.179. The Kier molecular flexibility index (Phi) is 5.29. The molecule has 0 radical (unpaired) electrons. The molecule has 6 aliphatic rings. The van der Waals surface area contributed by atoms with Crippen molar-refractivity contribution in [3.05, 3.63) is 0 Å². The number of Topliss-reactive ketones (excluding diaryl/α,β-unsaturated/α-hetero) is 1. The minimum Gasteiger partial charge on any atom is -0.394 e. The van der Waals surface area contributed by atoms with Crippen LogP contribution in [0.15, 0.2) is 0 Å². The molecule has 30 heavy (non-hydrogen) atoms. The summed E-state index contributed by atoms with van der Waals surface area (Å²) in [4.78, 5) is 28.0. The number of nitrogens with zero attached hydrogens (tertiary/aromatic N) is 1. The Morgan fingerprint density at radius 2 is 1.67 bits per heavy atom. The lowest BCUT2D eigenvalue weighted by molar-refractivity contribution is -0.127. The van der Waals surface area contributed by atoms with Crippen LogP contribution in [0.4, 0.5) is 0 Å². The van der Waals surface area contributed by atoms with E-state index in [-0.39, 0.29) is 12.5 Å². The first-order valence-electron chi connectivity index (χ1n) is 12.4. The number of ketones is 1. The van der Waals surface area contributed by atoms with Gasteiger partial charge in [0.25, 0.3) is 0 Å². The first kappa shape index (κ1) is 20.9. The second-order valence-electron chi connectivity index (χ2n) is 12.3. The van der Waals surface area contributed by atoms with Crippen molar-refractivity contribution < 1.29 is 14.7 Å². The maximum Gasteiger partial charge on any atom is 0.234 e. The van der Waals surface area contributed by atoms with Gasteiger partial charge in [0, 0.05) is 24.9 Å². The van der Waals surface area contributed by atoms with Gasteiger partial charge in [0.15, 0.2) is 0 Å². The highest BCUT2D eigenvalue weighted by Gasteiger charge is 2.58. The van der Waals surface area contributed by atoms with Crippen LogP contribution in [0.5, 0.6) is 0 Å². The number of piperidine rings is 1. The Hall–Kier alpha value is -0.940. The quantitative estimate of drug-likeness (QED) is 0.637. The van der Waals surface area contributed by atoms with E-state index in [0.717, 1.165) is 56.3 Å². The lowest BCUT2D eigenvalue weighted by atomic mass is 9.71. The third kappa shape index (κ3) is 3.85. The lowest BCUT2D eigenvalue weighted by Crippen LogP contribution is -2.53. The third-order valence-electron chi connectivity index (χ3n) is 9.41. The molecule has 0 aromatic carbocycles. The van der Waals surface area contributed by atoms with Crippen molar-refractivity contribution in [2.45, 2.75) is 102 Å². The van der Waals surface area contributed by atoms with E-state index < -0.39 is 5.54 Å². The highest BCUT2D eigenvalue weighted by molar-refractivity contribution is 5.80. The fraction of sp³-hybridized carbons (Fsp3) is 0.920. The van der Waals surface area contributed by atoms with Crippen molar-refractivity contribution >= 4 is 11.7 Å². The van der Waals surface area contributed by atoms with E-state index in [1.54, 1.807) is 0 Å². The molecule has 2 aliphatic heterocycles. The van der Waals surface area contributed by atoms with Crippen LogP contribution in [0.2, 0.25) is 0 Å². The molecule has 2 heterocycles. The van der Waals surface area contributed by atoms with Crippen LogP contribution < -0.4 is 5.32 Å². The number of hydrogen-bond acceptors (Lipinski definition) is 4. The Morgan fingerprint density at radius 1 is 1.03 bits per heavy atom. The maximum absolute atomic E-state index is 13.1. The van der Waals surface area contributed by atoms with Gasteiger partial charge in [0.1, 0.15) is 5.78 Å².